The van der Waals surface area contributed by atoms with Gasteiger partial charge in [0.2, 0.25) is 0 Å². The third kappa shape index (κ3) is 3.90. The molecule has 2 nitrogen and oxygen atoms in total. The van der Waals surface area contributed by atoms with Crippen LogP contribution >= 0.6 is 0 Å². The van der Waals surface area contributed by atoms with Gasteiger partial charge >= 0.3 is 0 Å². The van der Waals surface area contributed by atoms with Crippen LogP contribution < -0.4 is 5.73 Å². The summed E-state index contributed by atoms with van der Waals surface area (Å²) in [6.45, 7) is 4.90. The summed E-state index contributed by atoms with van der Waals surface area (Å²) in [4.78, 5) is 2.13. The molecule has 2 N–H and O–H groups in total. The van der Waals surface area contributed by atoms with E-state index in [2.05, 4.69) is 29.4 Å². The summed E-state index contributed by atoms with van der Waals surface area (Å²) in [6, 6.07) is 7.96. The lowest BCUT2D eigenvalue weighted by Gasteiger charge is -2.15. The summed E-state index contributed by atoms with van der Waals surface area (Å²) in [5.41, 5.74) is 7.69. The molecule has 0 saturated carbocycles. The van der Waals surface area contributed by atoms with Crippen LogP contribution in [0.2, 0.25) is 0 Å². The number of anilines is 1. The first kappa shape index (κ1) is 11.4. The van der Waals surface area contributed by atoms with E-state index in [1.807, 2.05) is 38.1 Å². The number of allylic oxidation sites excluding steroid dienone is 2. The highest BCUT2D eigenvalue weighted by Crippen LogP contribution is 2.09. The Labute approximate surface area is 91.7 Å². The lowest BCUT2D eigenvalue weighted by molar-refractivity contribution is 0.500. The van der Waals surface area contributed by atoms with Crippen LogP contribution in [-0.4, -0.2) is 4.90 Å². The molecule has 0 fully saturated rings. The third-order valence-electron chi connectivity index (χ3n) is 2.03. The SMILES string of the molecule is CC=CN(C=CC)Cc1ccc(N)cc1. The van der Waals surface area contributed by atoms with Crippen LogP contribution in [0.4, 0.5) is 5.69 Å². The summed E-state index contributed by atoms with van der Waals surface area (Å²) in [6.07, 6.45) is 8.15. The van der Waals surface area contributed by atoms with Crippen LogP contribution in [0.3, 0.4) is 0 Å². The largest absolute Gasteiger partial charge is 0.399 e. The average molecular weight is 202 g/mol. The Morgan fingerprint density at radius 1 is 1.07 bits per heavy atom. The Bertz CT molecular complexity index is 324. The molecule has 0 saturated heterocycles. The van der Waals surface area contributed by atoms with Crippen molar-refractivity contribution in [3.8, 4) is 0 Å². The molecule has 0 radical (unpaired) electrons. The lowest BCUT2D eigenvalue weighted by atomic mass is 10.2. The molecule has 0 atom stereocenters. The molecule has 0 bridgehead atoms. The molecule has 2 heteroatoms. The minimum absolute atomic E-state index is 0.808. The fourth-order valence-electron chi connectivity index (χ4n) is 1.37. The van der Waals surface area contributed by atoms with E-state index < -0.39 is 0 Å². The van der Waals surface area contributed by atoms with Gasteiger partial charge in [-0.1, -0.05) is 24.3 Å². The molecule has 0 aliphatic carbocycles. The third-order valence-corrected chi connectivity index (χ3v) is 2.03. The van der Waals surface area contributed by atoms with Crippen molar-refractivity contribution in [1.82, 2.24) is 4.90 Å². The lowest BCUT2D eigenvalue weighted by Crippen LogP contribution is -2.08. The number of nitrogens with zero attached hydrogens (tertiary/aromatic N) is 1. The predicted molar refractivity (Wildman–Crippen MR) is 66.0 cm³/mol. The summed E-state index contributed by atoms with van der Waals surface area (Å²) < 4.78 is 0. The summed E-state index contributed by atoms with van der Waals surface area (Å²) in [5.74, 6) is 0. The van der Waals surface area contributed by atoms with Crippen molar-refractivity contribution in [3.63, 3.8) is 0 Å². The van der Waals surface area contributed by atoms with E-state index in [0.717, 1.165) is 12.2 Å². The molecule has 0 spiro atoms. The van der Waals surface area contributed by atoms with Crippen LogP contribution in [0.5, 0.6) is 0 Å². The van der Waals surface area contributed by atoms with Crippen molar-refractivity contribution in [2.75, 3.05) is 5.73 Å². The molecule has 0 aromatic heterocycles. The molecule has 1 rings (SSSR count). The quantitative estimate of drug-likeness (QED) is 0.760. The zero-order valence-electron chi connectivity index (χ0n) is 9.35. The van der Waals surface area contributed by atoms with E-state index in [0.29, 0.717) is 0 Å². The van der Waals surface area contributed by atoms with Crippen LogP contribution in [-0.2, 0) is 6.54 Å². The average Bonchev–Trinajstić information content (AvgIpc) is 2.22. The van der Waals surface area contributed by atoms with Gasteiger partial charge in [-0.25, -0.2) is 0 Å². The Hall–Kier alpha value is -1.70. The number of rotatable bonds is 4. The van der Waals surface area contributed by atoms with Crippen molar-refractivity contribution < 1.29 is 0 Å². The van der Waals surface area contributed by atoms with Crippen molar-refractivity contribution in [2.24, 2.45) is 0 Å². The monoisotopic (exact) mass is 202 g/mol. The van der Waals surface area contributed by atoms with E-state index in [4.69, 9.17) is 5.73 Å². The number of hydrogen-bond donors (Lipinski definition) is 1. The molecule has 0 aliphatic rings. The van der Waals surface area contributed by atoms with Gasteiger partial charge in [-0.15, -0.1) is 0 Å². The van der Waals surface area contributed by atoms with Gasteiger partial charge in [0.1, 0.15) is 0 Å². The normalized spacial score (nSPS) is 11.3. The van der Waals surface area contributed by atoms with Crippen molar-refractivity contribution in [1.29, 1.82) is 0 Å². The van der Waals surface area contributed by atoms with Gasteiger partial charge in [0, 0.05) is 12.2 Å². The van der Waals surface area contributed by atoms with E-state index in [-0.39, 0.29) is 0 Å². The molecule has 0 heterocycles. The maximum Gasteiger partial charge on any atom is 0.0469 e. The predicted octanol–water partition coefficient (Wildman–Crippen LogP) is 3.14. The minimum atomic E-state index is 0.808. The van der Waals surface area contributed by atoms with E-state index in [1.54, 1.807) is 0 Å². The van der Waals surface area contributed by atoms with Crippen LogP contribution in [0.15, 0.2) is 48.8 Å². The molecule has 1 aromatic rings. The maximum absolute atomic E-state index is 5.63. The first-order valence-electron chi connectivity index (χ1n) is 5.12. The Morgan fingerprint density at radius 3 is 2.07 bits per heavy atom. The van der Waals surface area contributed by atoms with Gasteiger partial charge in [0.15, 0.2) is 0 Å². The number of nitrogens with two attached hydrogens (primary N) is 1. The van der Waals surface area contributed by atoms with Crippen LogP contribution in [0.25, 0.3) is 0 Å². The number of hydrogen-bond acceptors (Lipinski definition) is 2. The van der Waals surface area contributed by atoms with Crippen molar-refractivity contribution in [2.45, 2.75) is 20.4 Å². The first-order valence-corrected chi connectivity index (χ1v) is 5.12. The first-order chi connectivity index (χ1) is 7.26. The second-order valence-corrected chi connectivity index (χ2v) is 3.38. The van der Waals surface area contributed by atoms with Gasteiger partial charge < -0.3 is 10.6 Å². The topological polar surface area (TPSA) is 29.3 Å². The molecular weight excluding hydrogens is 184 g/mol. The Balaban J connectivity index is 2.69. The number of benzene rings is 1. The van der Waals surface area contributed by atoms with Gasteiger partial charge in [0.05, 0.1) is 0 Å². The van der Waals surface area contributed by atoms with Crippen LogP contribution in [0, 0.1) is 0 Å². The van der Waals surface area contributed by atoms with Gasteiger partial charge in [0.25, 0.3) is 0 Å². The molecule has 80 valence electrons. The van der Waals surface area contributed by atoms with Crippen LogP contribution in [0.1, 0.15) is 19.4 Å². The highest BCUT2D eigenvalue weighted by atomic mass is 15.1. The van der Waals surface area contributed by atoms with Gasteiger partial charge in [-0.05, 0) is 43.9 Å². The second-order valence-electron chi connectivity index (χ2n) is 3.38. The fraction of sp³-hybridized carbons (Fsp3) is 0.231. The zero-order valence-corrected chi connectivity index (χ0v) is 9.35. The highest BCUT2D eigenvalue weighted by molar-refractivity contribution is 5.39. The van der Waals surface area contributed by atoms with Crippen molar-refractivity contribution >= 4 is 5.69 Å². The standard InChI is InChI=1S/C13H18N2/c1-3-9-15(10-4-2)11-12-5-7-13(14)8-6-12/h3-10H,11,14H2,1-2H3. The molecule has 1 aromatic carbocycles. The minimum Gasteiger partial charge on any atom is -0.399 e. The zero-order chi connectivity index (χ0) is 11.1. The molecule has 0 aliphatic heterocycles. The van der Waals surface area contributed by atoms with E-state index >= 15 is 0 Å². The Morgan fingerprint density at radius 2 is 1.60 bits per heavy atom. The number of nitrogen functional groups attached to an aromatic ring is 1. The molecular formula is C13H18N2. The van der Waals surface area contributed by atoms with E-state index in [9.17, 15) is 0 Å². The Kier molecular flexibility index (Phi) is 4.48. The maximum atomic E-state index is 5.63. The summed E-state index contributed by atoms with van der Waals surface area (Å²) in [5, 5.41) is 0. The smallest absolute Gasteiger partial charge is 0.0469 e. The molecule has 0 amide bonds. The highest BCUT2D eigenvalue weighted by Gasteiger charge is 1.96. The molecule has 0 unspecified atom stereocenters. The van der Waals surface area contributed by atoms with Gasteiger partial charge in [-0.3, -0.25) is 0 Å². The van der Waals surface area contributed by atoms with Crippen molar-refractivity contribution in [3.05, 3.63) is 54.4 Å². The fourth-order valence-corrected chi connectivity index (χ4v) is 1.37. The van der Waals surface area contributed by atoms with Gasteiger partial charge in [-0.2, -0.15) is 0 Å². The summed E-state index contributed by atoms with van der Waals surface area (Å²) in [7, 11) is 0. The van der Waals surface area contributed by atoms with E-state index in [1.165, 1.54) is 5.56 Å². The summed E-state index contributed by atoms with van der Waals surface area (Å²) >= 11 is 0. The second kappa shape index (κ2) is 5.91. The molecule has 15 heavy (non-hydrogen) atoms.